The zero-order valence-corrected chi connectivity index (χ0v) is 15.4. The molecule has 2 amide bonds. The minimum atomic E-state index is -0.256. The number of fused-ring (bicyclic) bond motifs is 1. The van der Waals surface area contributed by atoms with Gasteiger partial charge in [-0.25, -0.2) is 0 Å². The van der Waals surface area contributed by atoms with Crippen molar-refractivity contribution in [1.29, 1.82) is 0 Å². The number of carbonyl (C=O) groups excluding carboxylic acids is 2. The molecule has 0 aromatic heterocycles. The van der Waals surface area contributed by atoms with E-state index in [-0.39, 0.29) is 24.2 Å². The smallest absolute Gasteiger partial charge is 0.228 e. The number of carbonyl (C=O) groups is 2. The highest BCUT2D eigenvalue weighted by Crippen LogP contribution is 2.36. The van der Waals surface area contributed by atoms with Gasteiger partial charge >= 0.3 is 0 Å². The summed E-state index contributed by atoms with van der Waals surface area (Å²) in [4.78, 5) is 29.2. The Morgan fingerprint density at radius 2 is 1.73 bits per heavy atom. The third-order valence-electron chi connectivity index (χ3n) is 5.49. The number of likely N-dealkylation sites (tertiary alicyclic amines) is 1. The summed E-state index contributed by atoms with van der Waals surface area (Å²) < 4.78 is 11.2. The summed E-state index contributed by atoms with van der Waals surface area (Å²) >= 11 is 0. The number of hydrogen-bond donors (Lipinski definition) is 0. The van der Waals surface area contributed by atoms with Crippen LogP contribution in [0, 0.1) is 17.8 Å². The van der Waals surface area contributed by atoms with Crippen molar-refractivity contribution in [2.75, 3.05) is 37.7 Å². The molecule has 4 rings (SSSR count). The van der Waals surface area contributed by atoms with E-state index < -0.39 is 0 Å². The molecule has 0 radical (unpaired) electrons. The molecular formula is C20H26N2O4. The summed E-state index contributed by atoms with van der Waals surface area (Å²) in [6.45, 7) is 7.48. The summed E-state index contributed by atoms with van der Waals surface area (Å²) in [5.41, 5.74) is 0.773. The topological polar surface area (TPSA) is 59.1 Å². The van der Waals surface area contributed by atoms with E-state index in [4.69, 9.17) is 9.47 Å². The first-order chi connectivity index (χ1) is 12.5. The number of ether oxygens (including phenoxy) is 2. The maximum Gasteiger partial charge on any atom is 0.228 e. The predicted octanol–water partition coefficient (Wildman–Crippen LogP) is 2.32. The molecule has 3 atom stereocenters. The molecule has 0 unspecified atom stereocenters. The lowest BCUT2D eigenvalue weighted by molar-refractivity contribution is -0.138. The first-order valence-electron chi connectivity index (χ1n) is 9.50. The minimum Gasteiger partial charge on any atom is -0.486 e. The first kappa shape index (κ1) is 17.2. The lowest BCUT2D eigenvalue weighted by Crippen LogP contribution is -2.45. The Kier molecular flexibility index (Phi) is 4.51. The van der Waals surface area contributed by atoms with Crippen molar-refractivity contribution in [3.05, 3.63) is 18.2 Å². The van der Waals surface area contributed by atoms with Crippen LogP contribution in [-0.4, -0.2) is 49.6 Å². The number of hydrogen-bond acceptors (Lipinski definition) is 4. The molecule has 2 saturated heterocycles. The molecule has 2 fully saturated rings. The number of rotatable bonds is 2. The van der Waals surface area contributed by atoms with Crippen LogP contribution in [0.3, 0.4) is 0 Å². The van der Waals surface area contributed by atoms with E-state index in [1.54, 1.807) is 4.90 Å². The Bertz CT molecular complexity index is 710. The van der Waals surface area contributed by atoms with Gasteiger partial charge < -0.3 is 19.3 Å². The van der Waals surface area contributed by atoms with E-state index in [1.807, 2.05) is 23.1 Å². The summed E-state index contributed by atoms with van der Waals surface area (Å²) in [5, 5.41) is 0. The molecule has 3 heterocycles. The van der Waals surface area contributed by atoms with Crippen molar-refractivity contribution >= 4 is 17.5 Å². The van der Waals surface area contributed by atoms with Gasteiger partial charge in [0.1, 0.15) is 13.2 Å². The van der Waals surface area contributed by atoms with Gasteiger partial charge in [-0.05, 0) is 30.4 Å². The molecule has 3 aliphatic rings. The first-order valence-corrected chi connectivity index (χ1v) is 9.50. The highest BCUT2D eigenvalue weighted by molar-refractivity contribution is 6.00. The number of nitrogens with zero attached hydrogens (tertiary/aromatic N) is 2. The zero-order chi connectivity index (χ0) is 18.3. The molecule has 1 aromatic carbocycles. The Balaban J connectivity index is 1.47. The SMILES string of the molecule is C[C@@H]1C[C@H](C)CN(C(=O)[C@@H]2CC(=O)N(c3ccc4c(c3)OCCO4)C2)C1. The minimum absolute atomic E-state index is 0.00173. The van der Waals surface area contributed by atoms with E-state index in [2.05, 4.69) is 13.8 Å². The highest BCUT2D eigenvalue weighted by atomic mass is 16.6. The van der Waals surface area contributed by atoms with E-state index >= 15 is 0 Å². The second-order valence-electron chi connectivity index (χ2n) is 7.92. The average molecular weight is 358 g/mol. The second kappa shape index (κ2) is 6.82. The lowest BCUT2D eigenvalue weighted by atomic mass is 9.91. The van der Waals surface area contributed by atoms with E-state index in [0.29, 0.717) is 43.1 Å². The average Bonchev–Trinajstić information content (AvgIpc) is 3.01. The van der Waals surface area contributed by atoms with Crippen molar-refractivity contribution in [2.24, 2.45) is 17.8 Å². The molecule has 0 spiro atoms. The Hall–Kier alpha value is -2.24. The van der Waals surface area contributed by atoms with Gasteiger partial charge in [0.15, 0.2) is 11.5 Å². The quantitative estimate of drug-likeness (QED) is 0.814. The van der Waals surface area contributed by atoms with Crippen molar-refractivity contribution < 1.29 is 19.1 Å². The Morgan fingerprint density at radius 1 is 1.04 bits per heavy atom. The highest BCUT2D eigenvalue weighted by Gasteiger charge is 2.39. The summed E-state index contributed by atoms with van der Waals surface area (Å²) in [7, 11) is 0. The fourth-order valence-electron chi connectivity index (χ4n) is 4.42. The maximum absolute atomic E-state index is 12.9. The van der Waals surface area contributed by atoms with Gasteiger partial charge in [-0.1, -0.05) is 13.8 Å². The second-order valence-corrected chi connectivity index (χ2v) is 7.92. The summed E-state index contributed by atoms with van der Waals surface area (Å²) in [6.07, 6.45) is 1.45. The summed E-state index contributed by atoms with van der Waals surface area (Å²) in [6, 6.07) is 5.54. The van der Waals surface area contributed by atoms with Crippen LogP contribution in [0.1, 0.15) is 26.7 Å². The number of anilines is 1. The third kappa shape index (κ3) is 3.24. The molecule has 0 bridgehead atoms. The van der Waals surface area contributed by atoms with Crippen LogP contribution in [-0.2, 0) is 9.59 Å². The van der Waals surface area contributed by atoms with Gasteiger partial charge in [-0.2, -0.15) is 0 Å². The van der Waals surface area contributed by atoms with Crippen molar-refractivity contribution in [1.82, 2.24) is 4.90 Å². The predicted molar refractivity (Wildman–Crippen MR) is 97.4 cm³/mol. The van der Waals surface area contributed by atoms with Gasteiger partial charge in [0, 0.05) is 37.8 Å². The summed E-state index contributed by atoms with van der Waals surface area (Å²) in [5.74, 6) is 2.27. The number of benzene rings is 1. The Morgan fingerprint density at radius 3 is 2.46 bits per heavy atom. The molecular weight excluding hydrogens is 332 g/mol. The van der Waals surface area contributed by atoms with Gasteiger partial charge in [-0.15, -0.1) is 0 Å². The molecule has 1 aromatic rings. The van der Waals surface area contributed by atoms with Crippen LogP contribution in [0.4, 0.5) is 5.69 Å². The van der Waals surface area contributed by atoms with Crippen molar-refractivity contribution in [3.8, 4) is 11.5 Å². The van der Waals surface area contributed by atoms with Gasteiger partial charge in [0.25, 0.3) is 0 Å². The fourth-order valence-corrected chi connectivity index (χ4v) is 4.42. The molecule has 0 aliphatic carbocycles. The third-order valence-corrected chi connectivity index (χ3v) is 5.49. The van der Waals surface area contributed by atoms with Gasteiger partial charge in [0.2, 0.25) is 11.8 Å². The molecule has 6 heteroatoms. The van der Waals surface area contributed by atoms with Crippen LogP contribution in [0.2, 0.25) is 0 Å². The molecule has 0 N–H and O–H groups in total. The Labute approximate surface area is 154 Å². The molecule has 6 nitrogen and oxygen atoms in total. The monoisotopic (exact) mass is 358 g/mol. The number of piperidine rings is 1. The number of amides is 2. The fraction of sp³-hybridized carbons (Fsp3) is 0.600. The van der Waals surface area contributed by atoms with Crippen molar-refractivity contribution in [2.45, 2.75) is 26.7 Å². The molecule has 3 aliphatic heterocycles. The van der Waals surface area contributed by atoms with Crippen LogP contribution < -0.4 is 14.4 Å². The maximum atomic E-state index is 12.9. The van der Waals surface area contributed by atoms with Crippen LogP contribution in [0.25, 0.3) is 0 Å². The standard InChI is InChI=1S/C20H26N2O4/c1-13-7-14(2)11-21(10-13)20(24)15-8-19(23)22(12-15)16-3-4-17-18(9-16)26-6-5-25-17/h3-4,9,13-15H,5-8,10-12H2,1-2H3/t13-,14+,15-/m1/s1. The molecule has 26 heavy (non-hydrogen) atoms. The zero-order valence-electron chi connectivity index (χ0n) is 15.4. The molecule has 140 valence electrons. The van der Waals surface area contributed by atoms with Crippen LogP contribution in [0.5, 0.6) is 11.5 Å². The van der Waals surface area contributed by atoms with Crippen LogP contribution >= 0.6 is 0 Å². The van der Waals surface area contributed by atoms with E-state index in [1.165, 1.54) is 0 Å². The largest absolute Gasteiger partial charge is 0.486 e. The van der Waals surface area contributed by atoms with Crippen molar-refractivity contribution in [3.63, 3.8) is 0 Å². The van der Waals surface area contributed by atoms with Crippen LogP contribution in [0.15, 0.2) is 18.2 Å². The van der Waals surface area contributed by atoms with Gasteiger partial charge in [0.05, 0.1) is 5.92 Å². The van der Waals surface area contributed by atoms with Gasteiger partial charge in [-0.3, -0.25) is 9.59 Å². The van der Waals surface area contributed by atoms with E-state index in [0.717, 1.165) is 25.2 Å². The lowest BCUT2D eigenvalue weighted by Gasteiger charge is -2.36. The normalized spacial score (nSPS) is 28.4. The van der Waals surface area contributed by atoms with E-state index in [9.17, 15) is 9.59 Å². The molecule has 0 saturated carbocycles.